The zero-order valence-electron chi connectivity index (χ0n) is 27.9. The van der Waals surface area contributed by atoms with Gasteiger partial charge >= 0.3 is 6.09 Å². The van der Waals surface area contributed by atoms with Crippen LogP contribution in [0, 0.1) is 5.92 Å². The van der Waals surface area contributed by atoms with Crippen molar-refractivity contribution in [1.82, 2.24) is 10.2 Å². The molecule has 3 aromatic rings. The first kappa shape index (κ1) is 35.4. The molecular weight excluding hydrogens is 562 g/mol. The van der Waals surface area contributed by atoms with Crippen LogP contribution in [0.2, 0.25) is 0 Å². The summed E-state index contributed by atoms with van der Waals surface area (Å²) >= 11 is 0. The lowest BCUT2D eigenvalue weighted by Crippen LogP contribution is -2.55. The minimum atomic E-state index is -0.943. The number of ether oxygens (including phenoxy) is 1. The Kier molecular flexibility index (Phi) is 13.2. The Balaban J connectivity index is 2.07. The van der Waals surface area contributed by atoms with Gasteiger partial charge in [0.1, 0.15) is 17.7 Å². The van der Waals surface area contributed by atoms with Crippen LogP contribution in [-0.2, 0) is 14.3 Å². The molecule has 3 rings (SSSR count). The third-order valence-electron chi connectivity index (χ3n) is 7.98. The van der Waals surface area contributed by atoms with Crippen LogP contribution in [-0.4, -0.2) is 41.0 Å². The highest BCUT2D eigenvalue weighted by Crippen LogP contribution is 2.29. The van der Waals surface area contributed by atoms with Gasteiger partial charge in [0.15, 0.2) is 0 Å². The lowest BCUT2D eigenvalue weighted by atomic mass is 9.95. The second kappa shape index (κ2) is 16.8. The average Bonchev–Trinajstić information content (AvgIpc) is 3.01. The molecule has 0 fully saturated rings. The number of anilines is 1. The maximum absolute atomic E-state index is 14.6. The number of hydrogen-bond donors (Lipinski definition) is 2. The smallest absolute Gasteiger partial charge is 0.408 e. The minimum Gasteiger partial charge on any atom is -0.444 e. The van der Waals surface area contributed by atoms with Gasteiger partial charge in [0, 0.05) is 12.2 Å². The van der Waals surface area contributed by atoms with Crippen LogP contribution < -0.4 is 10.6 Å². The summed E-state index contributed by atoms with van der Waals surface area (Å²) in [6.07, 6.45) is 6.63. The largest absolute Gasteiger partial charge is 0.444 e. The van der Waals surface area contributed by atoms with Crippen LogP contribution >= 0.6 is 0 Å². The fraction of sp³-hybridized carbons (Fsp3) is 0.447. The minimum absolute atomic E-state index is 0.198. The van der Waals surface area contributed by atoms with E-state index in [1.165, 1.54) is 0 Å². The van der Waals surface area contributed by atoms with Crippen molar-refractivity contribution in [2.45, 2.75) is 97.8 Å². The second-order valence-corrected chi connectivity index (χ2v) is 12.8. The van der Waals surface area contributed by atoms with Gasteiger partial charge in [-0.2, -0.15) is 0 Å². The van der Waals surface area contributed by atoms with Crippen LogP contribution in [0.1, 0.15) is 97.2 Å². The number of benzene rings is 3. The fourth-order valence-electron chi connectivity index (χ4n) is 5.36. The number of carbonyl (C=O) groups is 3. The number of nitrogens with zero attached hydrogens (tertiary/aromatic N) is 1. The van der Waals surface area contributed by atoms with Crippen molar-refractivity contribution in [2.75, 3.05) is 11.9 Å². The van der Waals surface area contributed by atoms with Crippen molar-refractivity contribution in [3.8, 4) is 0 Å². The van der Waals surface area contributed by atoms with Gasteiger partial charge in [-0.05, 0) is 73.2 Å². The van der Waals surface area contributed by atoms with Gasteiger partial charge in [-0.25, -0.2) is 4.79 Å². The van der Waals surface area contributed by atoms with Crippen LogP contribution in [0.4, 0.5) is 10.5 Å². The molecule has 242 valence electrons. The maximum Gasteiger partial charge on any atom is 0.408 e. The zero-order chi connectivity index (χ0) is 33.0. The van der Waals surface area contributed by atoms with Crippen LogP contribution in [0.3, 0.4) is 0 Å². The Bertz CT molecular complexity index is 1440. The first-order valence-corrected chi connectivity index (χ1v) is 16.3. The van der Waals surface area contributed by atoms with E-state index in [-0.39, 0.29) is 17.7 Å². The number of hydrogen-bond acceptors (Lipinski definition) is 4. The monoisotopic (exact) mass is 613 g/mol. The maximum atomic E-state index is 14.6. The van der Waals surface area contributed by atoms with E-state index >= 15 is 0 Å². The van der Waals surface area contributed by atoms with E-state index in [0.29, 0.717) is 24.2 Å². The SMILES string of the molecule is C=Cc1cccc(C(C(=O)Nc2ccc3ccccc3c2)N(CCCCCCC)C(=O)C(NC(=O)OC(C)(C)C)C(C)CC)c1. The van der Waals surface area contributed by atoms with Gasteiger partial charge in [0.25, 0.3) is 5.91 Å². The van der Waals surface area contributed by atoms with Gasteiger partial charge in [-0.1, -0.05) is 114 Å². The molecule has 7 heteroatoms. The molecule has 3 atom stereocenters. The van der Waals surface area contributed by atoms with Crippen molar-refractivity contribution in [1.29, 1.82) is 0 Å². The van der Waals surface area contributed by atoms with Crippen molar-refractivity contribution < 1.29 is 19.1 Å². The molecule has 3 unspecified atom stereocenters. The summed E-state index contributed by atoms with van der Waals surface area (Å²) in [4.78, 5) is 43.6. The van der Waals surface area contributed by atoms with E-state index in [1.54, 1.807) is 31.7 Å². The molecule has 0 saturated carbocycles. The fourth-order valence-corrected chi connectivity index (χ4v) is 5.36. The number of rotatable bonds is 15. The topological polar surface area (TPSA) is 87.7 Å². The molecule has 0 heterocycles. The Morgan fingerprint density at radius 2 is 1.62 bits per heavy atom. The molecule has 0 aliphatic carbocycles. The predicted octanol–water partition coefficient (Wildman–Crippen LogP) is 8.90. The highest BCUT2D eigenvalue weighted by Gasteiger charge is 2.38. The molecule has 45 heavy (non-hydrogen) atoms. The van der Waals surface area contributed by atoms with E-state index in [9.17, 15) is 14.4 Å². The van der Waals surface area contributed by atoms with Gasteiger partial charge in [-0.3, -0.25) is 9.59 Å². The quantitative estimate of drug-likeness (QED) is 0.168. The number of fused-ring (bicyclic) bond motifs is 1. The highest BCUT2D eigenvalue weighted by atomic mass is 16.6. The van der Waals surface area contributed by atoms with Gasteiger partial charge in [0.2, 0.25) is 5.91 Å². The third-order valence-corrected chi connectivity index (χ3v) is 7.98. The predicted molar refractivity (Wildman–Crippen MR) is 185 cm³/mol. The normalized spacial score (nSPS) is 13.4. The third kappa shape index (κ3) is 10.5. The molecule has 0 radical (unpaired) electrons. The molecule has 2 N–H and O–H groups in total. The van der Waals surface area contributed by atoms with E-state index in [0.717, 1.165) is 48.4 Å². The molecular formula is C38H51N3O4. The average molecular weight is 614 g/mol. The van der Waals surface area contributed by atoms with Gasteiger partial charge in [-0.15, -0.1) is 0 Å². The Hall–Kier alpha value is -4.13. The number of alkyl carbamates (subject to hydrolysis) is 1. The summed E-state index contributed by atoms with van der Waals surface area (Å²) in [5.74, 6) is -0.835. The van der Waals surface area contributed by atoms with Crippen LogP contribution in [0.25, 0.3) is 16.8 Å². The standard InChI is InChI=1S/C38H51N3O4/c1-8-11-12-13-16-24-41(36(43)33(27(4)9-2)40-37(44)45-38(5,6)7)34(31-21-17-18-28(10-3)25-31)35(42)39-32-23-22-29-19-14-15-20-30(29)26-32/h10,14-15,17-23,25-27,33-34H,3,8-9,11-13,16,24H2,1-2,4-7H3,(H,39,42)(H,40,44). The second-order valence-electron chi connectivity index (χ2n) is 12.8. The molecule has 3 aromatic carbocycles. The first-order chi connectivity index (χ1) is 21.5. The highest BCUT2D eigenvalue weighted by molar-refractivity contribution is 6.00. The molecule has 0 spiro atoms. The molecule has 7 nitrogen and oxygen atoms in total. The summed E-state index contributed by atoms with van der Waals surface area (Å²) in [6.45, 7) is 15.7. The summed E-state index contributed by atoms with van der Waals surface area (Å²) in [5.41, 5.74) is 1.44. The Morgan fingerprint density at radius 3 is 2.29 bits per heavy atom. The van der Waals surface area contributed by atoms with E-state index in [1.807, 2.05) is 80.6 Å². The van der Waals surface area contributed by atoms with Crippen molar-refractivity contribution in [3.63, 3.8) is 0 Å². The number of nitrogens with one attached hydrogen (secondary N) is 2. The molecule has 3 amide bonds. The molecule has 0 aliphatic heterocycles. The molecule has 0 saturated heterocycles. The lowest BCUT2D eigenvalue weighted by Gasteiger charge is -2.36. The molecule has 0 aromatic heterocycles. The van der Waals surface area contributed by atoms with Crippen LogP contribution in [0.15, 0.2) is 73.3 Å². The van der Waals surface area contributed by atoms with Crippen molar-refractivity contribution in [2.24, 2.45) is 5.92 Å². The van der Waals surface area contributed by atoms with Gasteiger partial charge in [0.05, 0.1) is 0 Å². The Labute approximate surface area is 269 Å². The van der Waals surface area contributed by atoms with Crippen molar-refractivity contribution in [3.05, 3.63) is 84.4 Å². The van der Waals surface area contributed by atoms with Crippen molar-refractivity contribution >= 4 is 40.4 Å². The van der Waals surface area contributed by atoms with E-state index in [4.69, 9.17) is 4.74 Å². The van der Waals surface area contributed by atoms with Crippen LogP contribution in [0.5, 0.6) is 0 Å². The Morgan fingerprint density at radius 1 is 0.911 bits per heavy atom. The summed E-state index contributed by atoms with van der Waals surface area (Å²) in [6, 6.07) is 19.5. The number of unbranched alkanes of at least 4 members (excludes halogenated alkanes) is 4. The van der Waals surface area contributed by atoms with E-state index in [2.05, 4.69) is 24.1 Å². The molecule has 0 bridgehead atoms. The number of amides is 3. The first-order valence-electron chi connectivity index (χ1n) is 16.3. The number of carbonyl (C=O) groups excluding carboxylic acids is 3. The summed E-state index contributed by atoms with van der Waals surface area (Å²) in [5, 5.41) is 8.02. The summed E-state index contributed by atoms with van der Waals surface area (Å²) in [7, 11) is 0. The lowest BCUT2D eigenvalue weighted by molar-refractivity contribution is -0.142. The zero-order valence-corrected chi connectivity index (χ0v) is 27.9. The van der Waals surface area contributed by atoms with Gasteiger partial charge < -0.3 is 20.3 Å². The van der Waals surface area contributed by atoms with E-state index < -0.39 is 23.8 Å². The summed E-state index contributed by atoms with van der Waals surface area (Å²) < 4.78 is 5.54. The molecule has 0 aliphatic rings.